The molecular formula is C30H28N2O3S. The van der Waals surface area contributed by atoms with Crippen molar-refractivity contribution in [3.63, 3.8) is 0 Å². The minimum atomic E-state index is -0.855. The van der Waals surface area contributed by atoms with E-state index in [1.54, 1.807) is 0 Å². The van der Waals surface area contributed by atoms with Gasteiger partial charge in [0, 0.05) is 22.0 Å². The van der Waals surface area contributed by atoms with Crippen LogP contribution in [-0.4, -0.2) is 22.0 Å². The highest BCUT2D eigenvalue weighted by Crippen LogP contribution is 2.31. The highest BCUT2D eigenvalue weighted by Gasteiger charge is 2.22. The molecule has 0 bridgehead atoms. The van der Waals surface area contributed by atoms with Crippen LogP contribution in [0.1, 0.15) is 29.7 Å². The monoisotopic (exact) mass is 496 g/mol. The Kier molecular flexibility index (Phi) is 8.42. The summed E-state index contributed by atoms with van der Waals surface area (Å²) < 4.78 is 0. The summed E-state index contributed by atoms with van der Waals surface area (Å²) >= 11 is 1.53. The molecule has 6 heteroatoms. The summed E-state index contributed by atoms with van der Waals surface area (Å²) in [4.78, 5) is 28.3. The predicted octanol–water partition coefficient (Wildman–Crippen LogP) is 7.26. The molecule has 4 rings (SSSR count). The third-order valence-corrected chi connectivity index (χ3v) is 6.76. The van der Waals surface area contributed by atoms with Crippen LogP contribution in [0.3, 0.4) is 0 Å². The van der Waals surface area contributed by atoms with Gasteiger partial charge in [-0.3, -0.25) is 4.79 Å². The summed E-state index contributed by atoms with van der Waals surface area (Å²) in [6.45, 7) is 2.52. The summed E-state index contributed by atoms with van der Waals surface area (Å²) in [6.07, 6.45) is -0.0126. The molecule has 182 valence electrons. The number of hydrogen-bond acceptors (Lipinski definition) is 3. The van der Waals surface area contributed by atoms with Gasteiger partial charge in [0.05, 0.1) is 12.5 Å². The fourth-order valence-electron chi connectivity index (χ4n) is 3.94. The topological polar surface area (TPSA) is 69.6 Å². The highest BCUT2D eigenvalue weighted by atomic mass is 32.2. The minimum absolute atomic E-state index is 0.0126. The lowest BCUT2D eigenvalue weighted by molar-refractivity contribution is -0.136. The molecule has 0 fully saturated rings. The van der Waals surface area contributed by atoms with Gasteiger partial charge in [0.2, 0.25) is 0 Å². The lowest BCUT2D eigenvalue weighted by Gasteiger charge is -2.30. The molecule has 0 spiro atoms. The number of carboxylic acids is 1. The molecule has 5 nitrogen and oxygen atoms in total. The quantitative estimate of drug-likeness (QED) is 0.256. The maximum atomic E-state index is 13.5. The Morgan fingerprint density at radius 3 is 2.11 bits per heavy atom. The highest BCUT2D eigenvalue weighted by molar-refractivity contribution is 7.99. The van der Waals surface area contributed by atoms with E-state index in [0.717, 1.165) is 26.5 Å². The molecule has 0 heterocycles. The van der Waals surface area contributed by atoms with Gasteiger partial charge in [-0.1, -0.05) is 90.6 Å². The number of urea groups is 1. The number of carboxylic acid groups (broad SMARTS) is 1. The van der Waals surface area contributed by atoms with Crippen LogP contribution in [0.15, 0.2) is 119 Å². The minimum Gasteiger partial charge on any atom is -0.481 e. The van der Waals surface area contributed by atoms with E-state index in [0.29, 0.717) is 12.2 Å². The normalized spacial score (nSPS) is 11.5. The van der Waals surface area contributed by atoms with Crippen molar-refractivity contribution in [2.75, 3.05) is 5.32 Å². The zero-order chi connectivity index (χ0) is 25.3. The van der Waals surface area contributed by atoms with Crippen LogP contribution in [0.25, 0.3) is 0 Å². The second kappa shape index (κ2) is 12.1. The fourth-order valence-corrected chi connectivity index (χ4v) is 4.90. The van der Waals surface area contributed by atoms with Crippen molar-refractivity contribution in [2.24, 2.45) is 0 Å². The van der Waals surface area contributed by atoms with Crippen LogP contribution < -0.4 is 5.32 Å². The van der Waals surface area contributed by atoms with Gasteiger partial charge >= 0.3 is 12.0 Å². The van der Waals surface area contributed by atoms with E-state index in [2.05, 4.69) is 5.32 Å². The summed E-state index contributed by atoms with van der Waals surface area (Å²) in [5.41, 5.74) is 3.57. The van der Waals surface area contributed by atoms with Crippen LogP contribution in [-0.2, 0) is 17.8 Å². The maximum Gasteiger partial charge on any atom is 0.322 e. The molecule has 1 unspecified atom stereocenters. The maximum absolute atomic E-state index is 13.5. The summed E-state index contributed by atoms with van der Waals surface area (Å²) in [7, 11) is 0. The second-order valence-electron chi connectivity index (χ2n) is 8.48. The zero-order valence-corrected chi connectivity index (χ0v) is 20.8. The first-order valence-electron chi connectivity index (χ1n) is 11.7. The molecule has 0 aromatic heterocycles. The van der Waals surface area contributed by atoms with Gasteiger partial charge in [-0.15, -0.1) is 0 Å². The van der Waals surface area contributed by atoms with Crippen molar-refractivity contribution < 1.29 is 14.7 Å². The van der Waals surface area contributed by atoms with Crippen LogP contribution in [0.4, 0.5) is 10.5 Å². The van der Waals surface area contributed by atoms with Crippen LogP contribution in [0.5, 0.6) is 0 Å². The molecule has 4 aromatic rings. The van der Waals surface area contributed by atoms with Crippen molar-refractivity contribution in [1.29, 1.82) is 0 Å². The lowest BCUT2D eigenvalue weighted by atomic mass is 10.1. The van der Waals surface area contributed by atoms with Gasteiger partial charge in [-0.05, 0) is 53.9 Å². The first kappa shape index (κ1) is 25.1. The Labute approximate surface area is 215 Å². The molecule has 4 aromatic carbocycles. The van der Waals surface area contributed by atoms with E-state index in [4.69, 9.17) is 5.11 Å². The number of benzene rings is 4. The standard InChI is InChI=1S/C30H28N2O3S/c1-22(25-13-6-3-7-14-25)32(21-23-10-4-2-5-11-23)30(35)31-26-15-9-17-28(20-26)36-27-16-8-12-24(18-27)19-29(33)34/h2-18,20,22H,19,21H2,1H3,(H,31,35)(H,33,34). The first-order valence-corrected chi connectivity index (χ1v) is 12.5. The number of carbonyl (C=O) groups is 2. The fraction of sp³-hybridized carbons (Fsp3) is 0.133. The Morgan fingerprint density at radius 1 is 0.806 bits per heavy atom. The summed E-state index contributed by atoms with van der Waals surface area (Å²) in [5, 5.41) is 12.1. The molecule has 0 radical (unpaired) electrons. The molecule has 2 N–H and O–H groups in total. The number of anilines is 1. The number of carbonyl (C=O) groups excluding carboxylic acids is 1. The predicted molar refractivity (Wildman–Crippen MR) is 144 cm³/mol. The lowest BCUT2D eigenvalue weighted by Crippen LogP contribution is -2.36. The van der Waals surface area contributed by atoms with E-state index in [9.17, 15) is 9.59 Å². The number of hydrogen-bond donors (Lipinski definition) is 2. The van der Waals surface area contributed by atoms with Gasteiger partial charge in [-0.2, -0.15) is 0 Å². The van der Waals surface area contributed by atoms with E-state index in [1.807, 2.05) is 121 Å². The number of rotatable bonds is 9. The average molecular weight is 497 g/mol. The molecule has 0 saturated heterocycles. The van der Waals surface area contributed by atoms with E-state index in [1.165, 1.54) is 11.8 Å². The number of amides is 2. The Bertz CT molecular complexity index is 1310. The van der Waals surface area contributed by atoms with Crippen molar-refractivity contribution in [1.82, 2.24) is 4.90 Å². The molecule has 0 aliphatic rings. The first-order chi connectivity index (χ1) is 17.5. The van der Waals surface area contributed by atoms with Gasteiger partial charge in [0.1, 0.15) is 0 Å². The van der Waals surface area contributed by atoms with Crippen LogP contribution >= 0.6 is 11.8 Å². The molecule has 0 aliphatic heterocycles. The molecule has 0 aliphatic carbocycles. The van der Waals surface area contributed by atoms with Crippen molar-refractivity contribution >= 4 is 29.4 Å². The molecular weight excluding hydrogens is 468 g/mol. The average Bonchev–Trinajstić information content (AvgIpc) is 2.88. The van der Waals surface area contributed by atoms with Crippen molar-refractivity contribution in [2.45, 2.75) is 35.7 Å². The van der Waals surface area contributed by atoms with Crippen LogP contribution in [0, 0.1) is 0 Å². The number of aliphatic carboxylic acids is 1. The molecule has 1 atom stereocenters. The second-order valence-corrected chi connectivity index (χ2v) is 9.63. The number of nitrogens with one attached hydrogen (secondary N) is 1. The van der Waals surface area contributed by atoms with Crippen molar-refractivity contribution in [3.8, 4) is 0 Å². The van der Waals surface area contributed by atoms with E-state index >= 15 is 0 Å². The van der Waals surface area contributed by atoms with E-state index in [-0.39, 0.29) is 18.5 Å². The SMILES string of the molecule is CC(c1ccccc1)N(Cc1ccccc1)C(=O)Nc1cccc(Sc2cccc(CC(=O)O)c2)c1. The van der Waals surface area contributed by atoms with Gasteiger partial charge in [0.25, 0.3) is 0 Å². The van der Waals surface area contributed by atoms with Gasteiger partial charge < -0.3 is 15.3 Å². The summed E-state index contributed by atoms with van der Waals surface area (Å²) in [5.74, 6) is -0.855. The Hall–Kier alpha value is -4.03. The van der Waals surface area contributed by atoms with Crippen LogP contribution in [0.2, 0.25) is 0 Å². The Balaban J connectivity index is 1.51. The molecule has 36 heavy (non-hydrogen) atoms. The smallest absolute Gasteiger partial charge is 0.322 e. The molecule has 0 saturated carbocycles. The van der Waals surface area contributed by atoms with Gasteiger partial charge in [-0.25, -0.2) is 4.79 Å². The molecule has 2 amide bonds. The Morgan fingerprint density at radius 2 is 1.42 bits per heavy atom. The largest absolute Gasteiger partial charge is 0.481 e. The van der Waals surface area contributed by atoms with Gasteiger partial charge in [0.15, 0.2) is 0 Å². The third kappa shape index (κ3) is 6.99. The number of nitrogens with zero attached hydrogens (tertiary/aromatic N) is 1. The third-order valence-electron chi connectivity index (χ3n) is 5.78. The van der Waals surface area contributed by atoms with Crippen molar-refractivity contribution in [3.05, 3.63) is 126 Å². The zero-order valence-electron chi connectivity index (χ0n) is 20.0. The van der Waals surface area contributed by atoms with E-state index < -0.39 is 5.97 Å². The summed E-state index contributed by atoms with van der Waals surface area (Å²) in [6, 6.07) is 34.8.